The van der Waals surface area contributed by atoms with E-state index >= 15 is 0 Å². The van der Waals surface area contributed by atoms with E-state index in [0.29, 0.717) is 11.6 Å². The SMILES string of the molecule is Nc1cnc(-n2ccccc2=O)cn1. The minimum atomic E-state index is -0.147. The maximum Gasteiger partial charge on any atom is 0.256 e. The highest BCUT2D eigenvalue weighted by Gasteiger charge is 1.98. The number of rotatable bonds is 1. The summed E-state index contributed by atoms with van der Waals surface area (Å²) in [5.41, 5.74) is 5.24. The van der Waals surface area contributed by atoms with Crippen LogP contribution in [0.25, 0.3) is 5.82 Å². The molecule has 0 amide bonds. The summed E-state index contributed by atoms with van der Waals surface area (Å²) in [5, 5.41) is 0. The fourth-order valence-corrected chi connectivity index (χ4v) is 1.07. The van der Waals surface area contributed by atoms with E-state index in [0.717, 1.165) is 0 Å². The first-order valence-corrected chi connectivity index (χ1v) is 4.03. The molecule has 0 fully saturated rings. The number of anilines is 1. The Balaban J connectivity index is 2.56. The van der Waals surface area contributed by atoms with Crippen molar-refractivity contribution in [3.05, 3.63) is 47.1 Å². The van der Waals surface area contributed by atoms with Crippen molar-refractivity contribution >= 4 is 5.82 Å². The molecule has 5 heteroatoms. The lowest BCUT2D eigenvalue weighted by atomic mass is 10.4. The number of hydrogen-bond donors (Lipinski definition) is 1. The molecule has 2 N–H and O–H groups in total. The third-order valence-electron chi connectivity index (χ3n) is 1.73. The summed E-state index contributed by atoms with van der Waals surface area (Å²) in [7, 11) is 0. The van der Waals surface area contributed by atoms with Crippen LogP contribution in [0.1, 0.15) is 0 Å². The van der Waals surface area contributed by atoms with Crippen molar-refractivity contribution < 1.29 is 0 Å². The Hall–Kier alpha value is -2.17. The summed E-state index contributed by atoms with van der Waals surface area (Å²) >= 11 is 0. The molecule has 0 saturated heterocycles. The van der Waals surface area contributed by atoms with Gasteiger partial charge >= 0.3 is 0 Å². The Kier molecular flexibility index (Phi) is 1.98. The zero-order valence-electron chi connectivity index (χ0n) is 7.29. The number of aromatic nitrogens is 3. The summed E-state index contributed by atoms with van der Waals surface area (Å²) < 4.78 is 1.40. The third-order valence-corrected chi connectivity index (χ3v) is 1.73. The normalized spacial score (nSPS) is 10.0. The molecule has 2 aromatic heterocycles. The summed E-state index contributed by atoms with van der Waals surface area (Å²) in [6.07, 6.45) is 4.49. The lowest BCUT2D eigenvalue weighted by Gasteiger charge is -2.02. The molecule has 0 aliphatic heterocycles. The van der Waals surface area contributed by atoms with Crippen LogP contribution in [-0.2, 0) is 0 Å². The number of nitrogen functional groups attached to an aromatic ring is 1. The average molecular weight is 188 g/mol. The highest BCUT2D eigenvalue weighted by atomic mass is 16.1. The van der Waals surface area contributed by atoms with Gasteiger partial charge in [-0.2, -0.15) is 0 Å². The second-order valence-electron chi connectivity index (χ2n) is 2.71. The maximum absolute atomic E-state index is 11.4. The zero-order valence-corrected chi connectivity index (χ0v) is 7.29. The molecule has 0 radical (unpaired) electrons. The number of nitrogens with zero attached hydrogens (tertiary/aromatic N) is 3. The molecule has 5 nitrogen and oxygen atoms in total. The Morgan fingerprint density at radius 3 is 2.71 bits per heavy atom. The van der Waals surface area contributed by atoms with Crippen LogP contribution >= 0.6 is 0 Å². The van der Waals surface area contributed by atoms with Gasteiger partial charge in [0.2, 0.25) is 0 Å². The van der Waals surface area contributed by atoms with E-state index in [1.54, 1.807) is 18.3 Å². The van der Waals surface area contributed by atoms with E-state index in [9.17, 15) is 4.79 Å². The van der Waals surface area contributed by atoms with Gasteiger partial charge in [-0.15, -0.1) is 0 Å². The van der Waals surface area contributed by atoms with Crippen molar-refractivity contribution in [2.24, 2.45) is 0 Å². The largest absolute Gasteiger partial charge is 0.382 e. The zero-order chi connectivity index (χ0) is 9.97. The van der Waals surface area contributed by atoms with Crippen molar-refractivity contribution in [2.45, 2.75) is 0 Å². The van der Waals surface area contributed by atoms with Gasteiger partial charge in [0.05, 0.1) is 12.4 Å². The number of nitrogens with two attached hydrogens (primary N) is 1. The molecule has 70 valence electrons. The summed E-state index contributed by atoms with van der Waals surface area (Å²) in [4.78, 5) is 19.2. The van der Waals surface area contributed by atoms with Crippen LogP contribution in [0.4, 0.5) is 5.82 Å². The molecule has 0 bridgehead atoms. The molecular formula is C9H8N4O. The third kappa shape index (κ3) is 1.47. The van der Waals surface area contributed by atoms with Crippen LogP contribution in [0, 0.1) is 0 Å². The highest BCUT2D eigenvalue weighted by molar-refractivity contribution is 5.28. The second kappa shape index (κ2) is 3.29. The van der Waals surface area contributed by atoms with Crippen LogP contribution < -0.4 is 11.3 Å². The summed E-state index contributed by atoms with van der Waals surface area (Å²) in [5.74, 6) is 0.794. The summed E-state index contributed by atoms with van der Waals surface area (Å²) in [6, 6.07) is 4.88. The monoisotopic (exact) mass is 188 g/mol. The van der Waals surface area contributed by atoms with Gasteiger partial charge in [0.1, 0.15) is 5.82 Å². The van der Waals surface area contributed by atoms with Gasteiger partial charge in [0, 0.05) is 12.3 Å². The standard InChI is InChI=1S/C9H8N4O/c10-7-5-12-8(6-11-7)13-4-2-1-3-9(13)14/h1-6H,(H2,10,11). The van der Waals surface area contributed by atoms with Gasteiger partial charge in [-0.1, -0.05) is 6.07 Å². The summed E-state index contributed by atoms with van der Waals surface area (Å²) in [6.45, 7) is 0. The predicted molar refractivity (Wildman–Crippen MR) is 52.0 cm³/mol. The van der Waals surface area contributed by atoms with E-state index in [4.69, 9.17) is 5.73 Å². The molecule has 0 saturated carbocycles. The number of pyridine rings is 1. The van der Waals surface area contributed by atoms with E-state index in [-0.39, 0.29) is 5.56 Å². The van der Waals surface area contributed by atoms with Gasteiger partial charge in [-0.3, -0.25) is 9.36 Å². The van der Waals surface area contributed by atoms with Gasteiger partial charge in [0.15, 0.2) is 5.82 Å². The van der Waals surface area contributed by atoms with Crippen LogP contribution in [0.2, 0.25) is 0 Å². The lowest BCUT2D eigenvalue weighted by Crippen LogP contribution is -2.17. The molecule has 2 aromatic rings. The first-order chi connectivity index (χ1) is 6.77. The van der Waals surface area contributed by atoms with Crippen molar-refractivity contribution in [1.29, 1.82) is 0 Å². The van der Waals surface area contributed by atoms with Crippen LogP contribution in [0.5, 0.6) is 0 Å². The van der Waals surface area contributed by atoms with Crippen LogP contribution in [-0.4, -0.2) is 14.5 Å². The Bertz CT molecular complexity index is 489. The van der Waals surface area contributed by atoms with E-state index < -0.39 is 0 Å². The molecule has 2 heterocycles. The highest BCUT2D eigenvalue weighted by Crippen LogP contribution is 1.99. The minimum Gasteiger partial charge on any atom is -0.382 e. The van der Waals surface area contributed by atoms with Gasteiger partial charge in [0.25, 0.3) is 5.56 Å². The van der Waals surface area contributed by atoms with E-state index in [2.05, 4.69) is 9.97 Å². The van der Waals surface area contributed by atoms with Crippen LogP contribution in [0.15, 0.2) is 41.6 Å². The van der Waals surface area contributed by atoms with E-state index in [1.165, 1.54) is 23.0 Å². The average Bonchev–Trinajstić information content (AvgIpc) is 2.20. The molecule has 0 unspecified atom stereocenters. The molecule has 0 atom stereocenters. The van der Waals surface area contributed by atoms with Crippen molar-refractivity contribution in [3.8, 4) is 5.82 Å². The fraction of sp³-hybridized carbons (Fsp3) is 0. The smallest absolute Gasteiger partial charge is 0.256 e. The fourth-order valence-electron chi connectivity index (χ4n) is 1.07. The first kappa shape index (κ1) is 8.43. The van der Waals surface area contributed by atoms with Crippen molar-refractivity contribution in [1.82, 2.24) is 14.5 Å². The Morgan fingerprint density at radius 2 is 2.07 bits per heavy atom. The molecule has 0 aromatic carbocycles. The van der Waals surface area contributed by atoms with Crippen molar-refractivity contribution in [3.63, 3.8) is 0 Å². The Labute approximate surface area is 79.9 Å². The lowest BCUT2D eigenvalue weighted by molar-refractivity contribution is 0.927. The molecule has 0 aliphatic carbocycles. The quantitative estimate of drug-likeness (QED) is 0.694. The molecular weight excluding hydrogens is 180 g/mol. The van der Waals surface area contributed by atoms with Crippen LogP contribution in [0.3, 0.4) is 0 Å². The topological polar surface area (TPSA) is 73.8 Å². The van der Waals surface area contributed by atoms with E-state index in [1.807, 2.05) is 0 Å². The molecule has 0 aliphatic rings. The maximum atomic E-state index is 11.4. The second-order valence-corrected chi connectivity index (χ2v) is 2.71. The van der Waals surface area contributed by atoms with Gasteiger partial charge < -0.3 is 5.73 Å². The molecule has 2 rings (SSSR count). The van der Waals surface area contributed by atoms with Gasteiger partial charge in [-0.05, 0) is 6.07 Å². The first-order valence-electron chi connectivity index (χ1n) is 4.03. The van der Waals surface area contributed by atoms with Crippen molar-refractivity contribution in [2.75, 3.05) is 5.73 Å². The molecule has 0 spiro atoms. The predicted octanol–water partition coefficient (Wildman–Crippen LogP) is 0.210. The Morgan fingerprint density at radius 1 is 1.21 bits per heavy atom. The number of hydrogen-bond acceptors (Lipinski definition) is 4. The minimum absolute atomic E-state index is 0.147. The molecule has 14 heavy (non-hydrogen) atoms. The van der Waals surface area contributed by atoms with Gasteiger partial charge in [-0.25, -0.2) is 9.97 Å².